The van der Waals surface area contributed by atoms with Crippen molar-refractivity contribution in [1.29, 1.82) is 0 Å². The lowest BCUT2D eigenvalue weighted by Crippen LogP contribution is -2.16. The monoisotopic (exact) mass is 325 g/mol. The van der Waals surface area contributed by atoms with Gasteiger partial charge in [0.25, 0.3) is 0 Å². The van der Waals surface area contributed by atoms with Crippen molar-refractivity contribution in [2.75, 3.05) is 13.2 Å². The molecule has 0 saturated heterocycles. The van der Waals surface area contributed by atoms with Crippen LogP contribution < -0.4 is 0 Å². The third kappa shape index (κ3) is 3.25. The highest BCUT2D eigenvalue weighted by atomic mass is 16.6. The number of rotatable bonds is 6. The van der Waals surface area contributed by atoms with Gasteiger partial charge in [0.15, 0.2) is 0 Å². The van der Waals surface area contributed by atoms with Gasteiger partial charge in [-0.3, -0.25) is 9.59 Å². The van der Waals surface area contributed by atoms with Gasteiger partial charge in [0.05, 0.1) is 13.2 Å². The summed E-state index contributed by atoms with van der Waals surface area (Å²) >= 11 is 0. The fraction of sp³-hybridized carbons (Fsp3) is 0.263. The first-order valence-corrected chi connectivity index (χ1v) is 7.98. The zero-order chi connectivity index (χ0) is 16.9. The molecular formula is C19H19NO4. The van der Waals surface area contributed by atoms with E-state index in [0.717, 1.165) is 11.0 Å². The highest BCUT2D eigenvalue weighted by Crippen LogP contribution is 2.28. The molecule has 0 radical (unpaired) electrons. The number of fused-ring (bicyclic) bond motifs is 3. The van der Waals surface area contributed by atoms with Gasteiger partial charge in [-0.15, -0.1) is 0 Å². The Morgan fingerprint density at radius 2 is 1.42 bits per heavy atom. The van der Waals surface area contributed by atoms with Gasteiger partial charge in [0, 0.05) is 21.8 Å². The molecule has 0 aliphatic rings. The van der Waals surface area contributed by atoms with E-state index in [-0.39, 0.29) is 19.6 Å². The number of carbonyl (C=O) groups excluding carboxylic acids is 2. The molecule has 24 heavy (non-hydrogen) atoms. The van der Waals surface area contributed by atoms with E-state index in [0.29, 0.717) is 6.54 Å². The highest BCUT2D eigenvalue weighted by molar-refractivity contribution is 6.07. The standard InChI is InChI=1S/C19H19NO4/c1-2-23-18(21)13-19(22)24-12-11-20-16-9-5-3-7-14(16)15-8-4-6-10-17(15)20/h3-10H,2,11-13H2,1H3. The molecule has 5 nitrogen and oxygen atoms in total. The molecule has 0 fully saturated rings. The van der Waals surface area contributed by atoms with Crippen molar-refractivity contribution in [2.45, 2.75) is 19.9 Å². The lowest BCUT2D eigenvalue weighted by atomic mass is 10.2. The molecule has 0 spiro atoms. The Hall–Kier alpha value is -2.82. The van der Waals surface area contributed by atoms with Crippen LogP contribution in [0.3, 0.4) is 0 Å². The van der Waals surface area contributed by atoms with Crippen LogP contribution in [0.5, 0.6) is 0 Å². The van der Waals surface area contributed by atoms with Crippen LogP contribution >= 0.6 is 0 Å². The first kappa shape index (κ1) is 16.1. The summed E-state index contributed by atoms with van der Waals surface area (Å²) < 4.78 is 12.0. The lowest BCUT2D eigenvalue weighted by molar-refractivity contribution is -0.154. The van der Waals surface area contributed by atoms with Crippen LogP contribution in [0.25, 0.3) is 21.8 Å². The topological polar surface area (TPSA) is 57.5 Å². The van der Waals surface area contributed by atoms with Gasteiger partial charge in [-0.2, -0.15) is 0 Å². The first-order valence-electron chi connectivity index (χ1n) is 7.98. The van der Waals surface area contributed by atoms with Gasteiger partial charge in [-0.05, 0) is 19.1 Å². The quantitative estimate of drug-likeness (QED) is 0.515. The largest absolute Gasteiger partial charge is 0.466 e. The predicted octanol–water partition coefficient (Wildman–Crippen LogP) is 3.29. The maximum absolute atomic E-state index is 11.7. The maximum Gasteiger partial charge on any atom is 0.317 e. The van der Waals surface area contributed by atoms with E-state index in [1.807, 2.05) is 24.3 Å². The summed E-state index contributed by atoms with van der Waals surface area (Å²) in [6.45, 7) is 2.70. The molecule has 0 aliphatic carbocycles. The molecule has 0 aliphatic heterocycles. The molecule has 5 heteroatoms. The minimum absolute atomic E-state index is 0.209. The van der Waals surface area contributed by atoms with E-state index < -0.39 is 11.9 Å². The number of hydrogen-bond acceptors (Lipinski definition) is 4. The van der Waals surface area contributed by atoms with E-state index in [1.54, 1.807) is 6.92 Å². The summed E-state index contributed by atoms with van der Waals surface area (Å²) in [5, 5.41) is 2.34. The van der Waals surface area contributed by atoms with Crippen molar-refractivity contribution in [2.24, 2.45) is 0 Å². The van der Waals surface area contributed by atoms with E-state index in [1.165, 1.54) is 10.8 Å². The molecule has 0 atom stereocenters. The summed E-state index contributed by atoms with van der Waals surface area (Å²) in [5.74, 6) is -1.12. The molecule has 1 heterocycles. The summed E-state index contributed by atoms with van der Waals surface area (Å²) in [6, 6.07) is 16.3. The number of carbonyl (C=O) groups is 2. The van der Waals surface area contributed by atoms with Crippen LogP contribution in [-0.4, -0.2) is 29.7 Å². The molecule has 0 N–H and O–H groups in total. The first-order chi connectivity index (χ1) is 11.7. The van der Waals surface area contributed by atoms with Crippen LogP contribution in [0.15, 0.2) is 48.5 Å². The molecule has 0 bridgehead atoms. The minimum Gasteiger partial charge on any atom is -0.466 e. The van der Waals surface area contributed by atoms with Gasteiger partial charge in [0.2, 0.25) is 0 Å². The number of benzene rings is 2. The molecule has 2 aromatic carbocycles. The number of esters is 2. The van der Waals surface area contributed by atoms with Crippen molar-refractivity contribution < 1.29 is 19.1 Å². The van der Waals surface area contributed by atoms with Gasteiger partial charge in [-0.1, -0.05) is 36.4 Å². The van der Waals surface area contributed by atoms with Gasteiger partial charge in [-0.25, -0.2) is 0 Å². The van der Waals surface area contributed by atoms with E-state index in [2.05, 4.69) is 28.8 Å². The van der Waals surface area contributed by atoms with Crippen LogP contribution in [0.1, 0.15) is 13.3 Å². The molecule has 124 valence electrons. The SMILES string of the molecule is CCOC(=O)CC(=O)OCCn1c2ccccc2c2ccccc21. The Morgan fingerprint density at radius 1 is 0.875 bits per heavy atom. The predicted molar refractivity (Wildman–Crippen MR) is 91.7 cm³/mol. The van der Waals surface area contributed by atoms with Crippen molar-refractivity contribution in [3.8, 4) is 0 Å². The summed E-state index contributed by atoms with van der Waals surface area (Å²) in [7, 11) is 0. The van der Waals surface area contributed by atoms with Crippen LogP contribution in [0.4, 0.5) is 0 Å². The second-order valence-corrected chi connectivity index (χ2v) is 5.39. The molecule has 1 aromatic heterocycles. The number of aromatic nitrogens is 1. The normalized spacial score (nSPS) is 10.9. The Labute approximate surface area is 139 Å². The zero-order valence-corrected chi connectivity index (χ0v) is 13.5. The van der Waals surface area contributed by atoms with Crippen LogP contribution in [0.2, 0.25) is 0 Å². The third-order valence-electron chi connectivity index (χ3n) is 3.85. The van der Waals surface area contributed by atoms with Crippen molar-refractivity contribution in [3.63, 3.8) is 0 Å². The molecule has 3 aromatic rings. The maximum atomic E-state index is 11.7. The highest BCUT2D eigenvalue weighted by Gasteiger charge is 2.13. The van der Waals surface area contributed by atoms with E-state index in [9.17, 15) is 9.59 Å². The Balaban J connectivity index is 1.73. The molecule has 0 unspecified atom stereocenters. The van der Waals surface area contributed by atoms with E-state index in [4.69, 9.17) is 9.47 Å². The van der Waals surface area contributed by atoms with Crippen LogP contribution in [0, 0.1) is 0 Å². The number of ether oxygens (including phenoxy) is 2. The fourth-order valence-electron chi connectivity index (χ4n) is 2.88. The van der Waals surface area contributed by atoms with Crippen molar-refractivity contribution in [1.82, 2.24) is 4.57 Å². The van der Waals surface area contributed by atoms with Crippen molar-refractivity contribution in [3.05, 3.63) is 48.5 Å². The van der Waals surface area contributed by atoms with Gasteiger partial charge >= 0.3 is 11.9 Å². The average molecular weight is 325 g/mol. The smallest absolute Gasteiger partial charge is 0.317 e. The summed E-state index contributed by atoms with van der Waals surface area (Å²) in [6.07, 6.45) is -0.346. The summed E-state index contributed by atoms with van der Waals surface area (Å²) in [4.78, 5) is 22.9. The third-order valence-corrected chi connectivity index (χ3v) is 3.85. The van der Waals surface area contributed by atoms with Gasteiger partial charge in [0.1, 0.15) is 13.0 Å². The average Bonchev–Trinajstić information content (AvgIpc) is 2.90. The molecule has 0 amide bonds. The molecular weight excluding hydrogens is 306 g/mol. The second kappa shape index (κ2) is 7.17. The van der Waals surface area contributed by atoms with Crippen molar-refractivity contribution >= 4 is 33.7 Å². The summed E-state index contributed by atoms with van der Waals surface area (Å²) in [5.41, 5.74) is 2.19. The fourth-order valence-corrected chi connectivity index (χ4v) is 2.88. The Morgan fingerprint density at radius 3 is 2.00 bits per heavy atom. The zero-order valence-electron chi connectivity index (χ0n) is 13.5. The number of para-hydroxylation sites is 2. The number of nitrogens with zero attached hydrogens (tertiary/aromatic N) is 1. The second-order valence-electron chi connectivity index (χ2n) is 5.39. The minimum atomic E-state index is -0.561. The Bertz CT molecular complexity index is 828. The lowest BCUT2D eigenvalue weighted by Gasteiger charge is -2.08. The molecule has 0 saturated carbocycles. The number of hydrogen-bond donors (Lipinski definition) is 0. The van der Waals surface area contributed by atoms with Crippen LogP contribution in [-0.2, 0) is 25.6 Å². The van der Waals surface area contributed by atoms with E-state index >= 15 is 0 Å². The van der Waals surface area contributed by atoms with Gasteiger partial charge < -0.3 is 14.0 Å². The Kier molecular flexibility index (Phi) is 4.79. The molecule has 3 rings (SSSR count).